The Bertz CT molecular complexity index is 658. The van der Waals surface area contributed by atoms with E-state index in [-0.39, 0.29) is 7.92 Å². The van der Waals surface area contributed by atoms with Crippen LogP contribution in [0.15, 0.2) is 42.7 Å². The van der Waals surface area contributed by atoms with E-state index in [9.17, 15) is 0 Å². The van der Waals surface area contributed by atoms with Crippen molar-refractivity contribution in [3.63, 3.8) is 0 Å². The SMILES string of the molecule is c1ccc(-c2ncccc2CP(C2CCCCC2)C2CCCCC2)nc1. The summed E-state index contributed by atoms with van der Waals surface area (Å²) in [4.78, 5) is 9.33. The van der Waals surface area contributed by atoms with E-state index in [2.05, 4.69) is 29.2 Å². The molecule has 3 heteroatoms. The summed E-state index contributed by atoms with van der Waals surface area (Å²) in [7, 11) is 0.0524. The van der Waals surface area contributed by atoms with Crippen LogP contribution in [0.2, 0.25) is 0 Å². The molecule has 0 N–H and O–H groups in total. The highest BCUT2D eigenvalue weighted by atomic mass is 31.1. The smallest absolute Gasteiger partial charge is 0.0921 e. The maximum atomic E-state index is 4.74. The lowest BCUT2D eigenvalue weighted by Gasteiger charge is -2.39. The van der Waals surface area contributed by atoms with Gasteiger partial charge in [0.05, 0.1) is 11.4 Å². The molecule has 0 saturated heterocycles. The molecule has 2 heterocycles. The second-order valence-corrected chi connectivity index (χ2v) is 10.8. The number of rotatable bonds is 5. The van der Waals surface area contributed by atoms with Gasteiger partial charge in [0, 0.05) is 12.4 Å². The van der Waals surface area contributed by atoms with Gasteiger partial charge in [-0.05, 0) is 66.9 Å². The third kappa shape index (κ3) is 4.34. The Morgan fingerprint density at radius 1 is 0.731 bits per heavy atom. The minimum absolute atomic E-state index is 0.0524. The first-order chi connectivity index (χ1) is 12.9. The van der Waals surface area contributed by atoms with Crippen molar-refractivity contribution >= 4 is 7.92 Å². The molecule has 0 aliphatic heterocycles. The standard InChI is InChI=1S/C23H31N2P/c1-3-11-20(12-4-1)26(21-13-5-2-6-14-21)18-19-10-9-17-25-23(19)22-15-7-8-16-24-22/h7-10,15-17,20-21H,1-6,11-14,18H2. The third-order valence-corrected chi connectivity index (χ3v) is 9.85. The first-order valence-electron chi connectivity index (χ1n) is 10.5. The zero-order valence-corrected chi connectivity index (χ0v) is 16.7. The second-order valence-electron chi connectivity index (χ2n) is 7.98. The number of aromatic nitrogens is 2. The Hall–Kier alpha value is -1.27. The predicted octanol–water partition coefficient (Wildman–Crippen LogP) is 6.79. The van der Waals surface area contributed by atoms with E-state index < -0.39 is 0 Å². The molecule has 26 heavy (non-hydrogen) atoms. The molecule has 2 fully saturated rings. The van der Waals surface area contributed by atoms with Crippen molar-refractivity contribution in [3.8, 4) is 11.4 Å². The fourth-order valence-electron chi connectivity index (χ4n) is 4.88. The Morgan fingerprint density at radius 2 is 1.38 bits per heavy atom. The van der Waals surface area contributed by atoms with Crippen LogP contribution in [0.5, 0.6) is 0 Å². The molecule has 2 aliphatic rings. The van der Waals surface area contributed by atoms with Crippen LogP contribution < -0.4 is 0 Å². The van der Waals surface area contributed by atoms with Crippen LogP contribution in [-0.2, 0) is 6.16 Å². The number of hydrogen-bond acceptors (Lipinski definition) is 2. The summed E-state index contributed by atoms with van der Waals surface area (Å²) in [5, 5.41) is 0. The van der Waals surface area contributed by atoms with Crippen LogP contribution in [0.3, 0.4) is 0 Å². The fourth-order valence-corrected chi connectivity index (χ4v) is 8.70. The normalized spacial score (nSPS) is 19.7. The maximum absolute atomic E-state index is 4.74. The molecule has 2 aliphatic carbocycles. The van der Waals surface area contributed by atoms with E-state index in [1.165, 1.54) is 75.9 Å². The van der Waals surface area contributed by atoms with Gasteiger partial charge in [-0.25, -0.2) is 0 Å². The van der Waals surface area contributed by atoms with Crippen molar-refractivity contribution in [3.05, 3.63) is 48.3 Å². The molecule has 2 aromatic heterocycles. The second kappa shape index (κ2) is 9.09. The molecule has 0 spiro atoms. The lowest BCUT2D eigenvalue weighted by atomic mass is 9.99. The monoisotopic (exact) mass is 366 g/mol. The average molecular weight is 366 g/mol. The van der Waals surface area contributed by atoms with Gasteiger partial charge in [-0.3, -0.25) is 9.97 Å². The molecule has 0 aromatic carbocycles. The van der Waals surface area contributed by atoms with Gasteiger partial charge in [0.1, 0.15) is 0 Å². The van der Waals surface area contributed by atoms with Gasteiger partial charge in [-0.15, -0.1) is 0 Å². The van der Waals surface area contributed by atoms with Gasteiger partial charge >= 0.3 is 0 Å². The molecule has 0 unspecified atom stereocenters. The van der Waals surface area contributed by atoms with Crippen LogP contribution in [-0.4, -0.2) is 21.3 Å². The largest absolute Gasteiger partial charge is 0.255 e. The molecule has 0 radical (unpaired) electrons. The summed E-state index contributed by atoms with van der Waals surface area (Å²) < 4.78 is 0. The summed E-state index contributed by atoms with van der Waals surface area (Å²) >= 11 is 0. The first kappa shape index (κ1) is 18.1. The lowest BCUT2D eigenvalue weighted by molar-refractivity contribution is 0.484. The van der Waals surface area contributed by atoms with Crippen molar-refractivity contribution in [1.82, 2.24) is 9.97 Å². The highest BCUT2D eigenvalue weighted by Gasteiger charge is 2.31. The van der Waals surface area contributed by atoms with Gasteiger partial charge in [-0.2, -0.15) is 0 Å². The fraction of sp³-hybridized carbons (Fsp3) is 0.565. The van der Waals surface area contributed by atoms with E-state index in [0.29, 0.717) is 0 Å². The minimum Gasteiger partial charge on any atom is -0.255 e. The summed E-state index contributed by atoms with van der Waals surface area (Å²) in [6.07, 6.45) is 19.7. The molecule has 2 aromatic rings. The number of nitrogens with zero attached hydrogens (tertiary/aromatic N) is 2. The van der Waals surface area contributed by atoms with Crippen LogP contribution in [0, 0.1) is 0 Å². The quantitative estimate of drug-likeness (QED) is 0.544. The number of hydrogen-bond donors (Lipinski definition) is 0. The topological polar surface area (TPSA) is 25.8 Å². The van der Waals surface area contributed by atoms with Gasteiger partial charge in [-0.1, -0.05) is 58.6 Å². The van der Waals surface area contributed by atoms with Crippen LogP contribution >= 0.6 is 7.92 Å². The summed E-state index contributed by atoms with van der Waals surface area (Å²) in [6.45, 7) is 0. The van der Waals surface area contributed by atoms with Gasteiger partial charge < -0.3 is 0 Å². The highest BCUT2D eigenvalue weighted by Crippen LogP contribution is 2.58. The van der Waals surface area contributed by atoms with Crippen molar-refractivity contribution < 1.29 is 0 Å². The Morgan fingerprint density at radius 3 is 2.00 bits per heavy atom. The zero-order valence-electron chi connectivity index (χ0n) is 15.8. The van der Waals surface area contributed by atoms with E-state index >= 15 is 0 Å². The predicted molar refractivity (Wildman–Crippen MR) is 112 cm³/mol. The Labute approximate surface area is 159 Å². The third-order valence-electron chi connectivity index (χ3n) is 6.24. The molecule has 4 rings (SSSR count). The van der Waals surface area contributed by atoms with Crippen LogP contribution in [0.1, 0.15) is 69.8 Å². The molecule has 2 saturated carbocycles. The molecule has 0 amide bonds. The highest BCUT2D eigenvalue weighted by molar-refractivity contribution is 7.58. The molecular formula is C23H31N2P. The van der Waals surface area contributed by atoms with E-state index in [1.807, 2.05) is 18.5 Å². The van der Waals surface area contributed by atoms with Gasteiger partial charge in [0.25, 0.3) is 0 Å². The summed E-state index contributed by atoms with van der Waals surface area (Å²) in [6, 6.07) is 10.6. The summed E-state index contributed by atoms with van der Waals surface area (Å²) in [5.74, 6) is 0. The van der Waals surface area contributed by atoms with Crippen molar-refractivity contribution in [1.29, 1.82) is 0 Å². The van der Waals surface area contributed by atoms with Crippen molar-refractivity contribution in [2.45, 2.75) is 81.7 Å². The molecule has 138 valence electrons. The van der Waals surface area contributed by atoms with Crippen LogP contribution in [0.4, 0.5) is 0 Å². The minimum atomic E-state index is 0.0524. The molecule has 2 nitrogen and oxygen atoms in total. The summed E-state index contributed by atoms with van der Waals surface area (Å²) in [5.41, 5.74) is 5.56. The van der Waals surface area contributed by atoms with E-state index in [4.69, 9.17) is 4.98 Å². The zero-order chi connectivity index (χ0) is 17.6. The van der Waals surface area contributed by atoms with E-state index in [1.54, 1.807) is 0 Å². The van der Waals surface area contributed by atoms with Gasteiger partial charge in [0.2, 0.25) is 0 Å². The Balaban J connectivity index is 1.61. The first-order valence-corrected chi connectivity index (χ1v) is 12.2. The van der Waals surface area contributed by atoms with Crippen LogP contribution in [0.25, 0.3) is 11.4 Å². The van der Waals surface area contributed by atoms with Gasteiger partial charge in [0.15, 0.2) is 0 Å². The Kier molecular flexibility index (Phi) is 6.33. The maximum Gasteiger partial charge on any atom is 0.0921 e. The average Bonchev–Trinajstić information content (AvgIpc) is 2.74. The van der Waals surface area contributed by atoms with E-state index in [0.717, 1.165) is 22.7 Å². The lowest BCUT2D eigenvalue weighted by Crippen LogP contribution is -2.21. The molecule has 0 atom stereocenters. The van der Waals surface area contributed by atoms with Crippen molar-refractivity contribution in [2.75, 3.05) is 0 Å². The van der Waals surface area contributed by atoms with Crippen molar-refractivity contribution in [2.24, 2.45) is 0 Å². The molecule has 0 bridgehead atoms. The molecular weight excluding hydrogens is 335 g/mol. The number of pyridine rings is 2.